The predicted octanol–water partition coefficient (Wildman–Crippen LogP) is -0.354. The topological polar surface area (TPSA) is 78.4 Å². The SMILES string of the molecule is O=C1CC(C(=O)NC2C3CCC(C3)C2CO)CN1. The molecule has 5 heteroatoms. The van der Waals surface area contributed by atoms with E-state index in [4.69, 9.17) is 0 Å². The third-order valence-electron chi connectivity index (χ3n) is 4.96. The first kappa shape index (κ1) is 12.0. The van der Waals surface area contributed by atoms with E-state index in [-0.39, 0.29) is 36.3 Å². The Morgan fingerprint density at radius 3 is 2.83 bits per heavy atom. The first-order chi connectivity index (χ1) is 8.69. The smallest absolute Gasteiger partial charge is 0.225 e. The van der Waals surface area contributed by atoms with Gasteiger partial charge in [0.05, 0.1) is 5.92 Å². The monoisotopic (exact) mass is 252 g/mol. The van der Waals surface area contributed by atoms with Crippen molar-refractivity contribution < 1.29 is 14.7 Å². The second-order valence-corrected chi connectivity index (χ2v) is 5.92. The van der Waals surface area contributed by atoms with Crippen LogP contribution in [0.2, 0.25) is 0 Å². The van der Waals surface area contributed by atoms with E-state index in [1.165, 1.54) is 6.42 Å². The van der Waals surface area contributed by atoms with Crippen LogP contribution in [-0.4, -0.2) is 36.1 Å². The van der Waals surface area contributed by atoms with Crippen LogP contribution in [0.5, 0.6) is 0 Å². The van der Waals surface area contributed by atoms with Gasteiger partial charge in [0.1, 0.15) is 0 Å². The summed E-state index contributed by atoms with van der Waals surface area (Å²) in [5, 5.41) is 15.2. The number of hydrogen-bond acceptors (Lipinski definition) is 3. The Labute approximate surface area is 106 Å². The molecule has 5 unspecified atom stereocenters. The lowest BCUT2D eigenvalue weighted by atomic mass is 9.84. The molecule has 0 spiro atoms. The summed E-state index contributed by atoms with van der Waals surface area (Å²) in [6.07, 6.45) is 3.79. The quantitative estimate of drug-likeness (QED) is 0.642. The van der Waals surface area contributed by atoms with Gasteiger partial charge in [0.15, 0.2) is 0 Å². The molecule has 3 N–H and O–H groups in total. The van der Waals surface area contributed by atoms with Crippen LogP contribution in [0.3, 0.4) is 0 Å². The molecule has 5 nitrogen and oxygen atoms in total. The van der Waals surface area contributed by atoms with Crippen molar-refractivity contribution in [3.05, 3.63) is 0 Å². The van der Waals surface area contributed by atoms with Crippen molar-refractivity contribution in [3.8, 4) is 0 Å². The van der Waals surface area contributed by atoms with Crippen molar-refractivity contribution in [1.29, 1.82) is 0 Å². The lowest BCUT2D eigenvalue weighted by Crippen LogP contribution is -2.47. The zero-order chi connectivity index (χ0) is 12.7. The van der Waals surface area contributed by atoms with Gasteiger partial charge in [-0.3, -0.25) is 9.59 Å². The lowest BCUT2D eigenvalue weighted by Gasteiger charge is -2.31. The third-order valence-corrected chi connectivity index (χ3v) is 4.96. The van der Waals surface area contributed by atoms with Gasteiger partial charge in [0, 0.05) is 31.5 Å². The number of amides is 2. The number of fused-ring (bicyclic) bond motifs is 2. The summed E-state index contributed by atoms with van der Waals surface area (Å²) in [7, 11) is 0. The van der Waals surface area contributed by atoms with Gasteiger partial charge in [0.25, 0.3) is 0 Å². The van der Waals surface area contributed by atoms with Gasteiger partial charge in [-0.25, -0.2) is 0 Å². The maximum atomic E-state index is 12.1. The molecule has 5 atom stereocenters. The van der Waals surface area contributed by atoms with Crippen LogP contribution in [0, 0.1) is 23.7 Å². The van der Waals surface area contributed by atoms with Crippen LogP contribution in [0.4, 0.5) is 0 Å². The minimum atomic E-state index is -0.226. The van der Waals surface area contributed by atoms with Crippen molar-refractivity contribution in [2.24, 2.45) is 23.7 Å². The number of carbonyl (C=O) groups is 2. The normalized spacial score (nSPS) is 42.1. The summed E-state index contributed by atoms with van der Waals surface area (Å²) in [4.78, 5) is 23.2. The van der Waals surface area contributed by atoms with Gasteiger partial charge in [-0.2, -0.15) is 0 Å². The summed E-state index contributed by atoms with van der Waals surface area (Å²) in [6, 6.07) is 0.122. The van der Waals surface area contributed by atoms with E-state index >= 15 is 0 Å². The number of aliphatic hydroxyl groups excluding tert-OH is 1. The Hall–Kier alpha value is -1.10. The highest BCUT2D eigenvalue weighted by Crippen LogP contribution is 2.48. The highest BCUT2D eigenvalue weighted by molar-refractivity contribution is 5.89. The number of rotatable bonds is 3. The Morgan fingerprint density at radius 1 is 1.39 bits per heavy atom. The Balaban J connectivity index is 1.62. The second-order valence-electron chi connectivity index (χ2n) is 5.92. The Morgan fingerprint density at radius 2 is 2.17 bits per heavy atom. The average molecular weight is 252 g/mol. The maximum Gasteiger partial charge on any atom is 0.225 e. The van der Waals surface area contributed by atoms with E-state index in [0.29, 0.717) is 24.8 Å². The van der Waals surface area contributed by atoms with Gasteiger partial charge >= 0.3 is 0 Å². The molecular weight excluding hydrogens is 232 g/mol. The molecule has 2 aliphatic carbocycles. The van der Waals surface area contributed by atoms with Crippen molar-refractivity contribution >= 4 is 11.8 Å². The molecule has 0 radical (unpaired) electrons. The van der Waals surface area contributed by atoms with Gasteiger partial charge in [-0.15, -0.1) is 0 Å². The van der Waals surface area contributed by atoms with Crippen LogP contribution >= 0.6 is 0 Å². The zero-order valence-electron chi connectivity index (χ0n) is 10.4. The Kier molecular flexibility index (Phi) is 3.01. The molecule has 2 bridgehead atoms. The third kappa shape index (κ3) is 1.90. The van der Waals surface area contributed by atoms with E-state index in [9.17, 15) is 14.7 Å². The van der Waals surface area contributed by atoms with Gasteiger partial charge in [-0.1, -0.05) is 0 Å². The van der Waals surface area contributed by atoms with Crippen LogP contribution in [-0.2, 0) is 9.59 Å². The molecule has 3 fully saturated rings. The van der Waals surface area contributed by atoms with Crippen molar-refractivity contribution in [1.82, 2.24) is 10.6 Å². The molecule has 2 amide bonds. The van der Waals surface area contributed by atoms with Crippen LogP contribution < -0.4 is 10.6 Å². The molecule has 3 rings (SSSR count). The molecular formula is C13H20N2O3. The van der Waals surface area contributed by atoms with E-state index < -0.39 is 0 Å². The summed E-state index contributed by atoms with van der Waals surface area (Å²) < 4.78 is 0. The number of aliphatic hydroxyl groups is 1. The molecule has 0 aromatic heterocycles. The molecule has 1 heterocycles. The van der Waals surface area contributed by atoms with Crippen molar-refractivity contribution in [2.75, 3.05) is 13.2 Å². The van der Waals surface area contributed by atoms with Crippen molar-refractivity contribution in [2.45, 2.75) is 31.7 Å². The van der Waals surface area contributed by atoms with Crippen LogP contribution in [0.15, 0.2) is 0 Å². The fourth-order valence-corrected chi connectivity index (χ4v) is 3.97. The fraction of sp³-hybridized carbons (Fsp3) is 0.846. The molecule has 3 aliphatic rings. The highest BCUT2D eigenvalue weighted by Gasteiger charge is 2.48. The molecule has 1 saturated heterocycles. The molecule has 0 aromatic carbocycles. The molecule has 1 aliphatic heterocycles. The van der Waals surface area contributed by atoms with Gasteiger partial charge in [-0.05, 0) is 31.1 Å². The van der Waals surface area contributed by atoms with E-state index in [0.717, 1.165) is 12.8 Å². The van der Waals surface area contributed by atoms with E-state index in [1.54, 1.807) is 0 Å². The van der Waals surface area contributed by atoms with Gasteiger partial charge < -0.3 is 15.7 Å². The highest BCUT2D eigenvalue weighted by atomic mass is 16.3. The number of nitrogens with one attached hydrogen (secondary N) is 2. The number of hydrogen-bond donors (Lipinski definition) is 3. The fourth-order valence-electron chi connectivity index (χ4n) is 3.97. The van der Waals surface area contributed by atoms with Crippen LogP contribution in [0.25, 0.3) is 0 Å². The molecule has 2 saturated carbocycles. The van der Waals surface area contributed by atoms with Crippen LogP contribution in [0.1, 0.15) is 25.7 Å². The predicted molar refractivity (Wildman–Crippen MR) is 64.5 cm³/mol. The first-order valence-corrected chi connectivity index (χ1v) is 6.87. The van der Waals surface area contributed by atoms with E-state index in [1.807, 2.05) is 0 Å². The summed E-state index contributed by atoms with van der Waals surface area (Å²) in [5.74, 6) is 1.04. The largest absolute Gasteiger partial charge is 0.396 e. The van der Waals surface area contributed by atoms with Gasteiger partial charge in [0.2, 0.25) is 11.8 Å². The van der Waals surface area contributed by atoms with Crippen molar-refractivity contribution in [3.63, 3.8) is 0 Å². The zero-order valence-corrected chi connectivity index (χ0v) is 10.4. The minimum absolute atomic E-state index is 0.0238. The standard InChI is InChI=1S/C13H20N2O3/c16-6-10-7-1-2-8(3-7)12(10)15-13(18)9-4-11(17)14-5-9/h7-10,12,16H,1-6H2,(H,14,17)(H,15,18). The molecule has 0 aromatic rings. The van der Waals surface area contributed by atoms with E-state index in [2.05, 4.69) is 10.6 Å². The Bertz CT molecular complexity index is 371. The number of carbonyl (C=O) groups excluding carboxylic acids is 2. The summed E-state index contributed by atoms with van der Waals surface area (Å²) in [6.45, 7) is 0.614. The first-order valence-electron chi connectivity index (χ1n) is 6.87. The average Bonchev–Trinajstić information content (AvgIpc) is 3.03. The summed E-state index contributed by atoms with van der Waals surface area (Å²) >= 11 is 0. The maximum absolute atomic E-state index is 12.1. The lowest BCUT2D eigenvalue weighted by molar-refractivity contribution is -0.127. The minimum Gasteiger partial charge on any atom is -0.396 e. The molecule has 18 heavy (non-hydrogen) atoms. The summed E-state index contributed by atoms with van der Waals surface area (Å²) in [5.41, 5.74) is 0. The molecule has 100 valence electrons. The second kappa shape index (κ2) is 4.53.